The third-order valence-corrected chi connectivity index (χ3v) is 5.31. The first-order chi connectivity index (χ1) is 13.7. The molecular formula is C22H18N4OS. The van der Waals surface area contributed by atoms with E-state index < -0.39 is 0 Å². The Balaban J connectivity index is 1.51. The van der Waals surface area contributed by atoms with Gasteiger partial charge in [0.15, 0.2) is 5.16 Å². The van der Waals surface area contributed by atoms with E-state index in [0.29, 0.717) is 5.56 Å². The lowest BCUT2D eigenvalue weighted by Gasteiger charge is -2.11. The summed E-state index contributed by atoms with van der Waals surface area (Å²) in [6, 6.07) is 25.2. The van der Waals surface area contributed by atoms with Crippen LogP contribution < -0.4 is 5.32 Å². The smallest absolute Gasteiger partial charge is 0.256 e. The normalized spacial score (nSPS) is 10.6. The molecular weight excluding hydrogens is 368 g/mol. The minimum absolute atomic E-state index is 0.131. The minimum Gasteiger partial charge on any atom is -0.322 e. The molecule has 4 aromatic rings. The van der Waals surface area contributed by atoms with Crippen LogP contribution in [0.15, 0.2) is 95.2 Å². The van der Waals surface area contributed by atoms with Gasteiger partial charge in [-0.05, 0) is 53.2 Å². The molecule has 0 bridgehead atoms. The van der Waals surface area contributed by atoms with Crippen LogP contribution in [-0.2, 0) is 7.05 Å². The average molecular weight is 386 g/mol. The van der Waals surface area contributed by atoms with Crippen LogP contribution >= 0.6 is 11.8 Å². The fourth-order valence-electron chi connectivity index (χ4n) is 2.83. The van der Waals surface area contributed by atoms with Crippen molar-refractivity contribution in [2.75, 3.05) is 5.32 Å². The first kappa shape index (κ1) is 18.0. The molecule has 0 radical (unpaired) electrons. The van der Waals surface area contributed by atoms with Gasteiger partial charge in [0, 0.05) is 23.2 Å². The summed E-state index contributed by atoms with van der Waals surface area (Å²) < 4.78 is 1.86. The number of anilines is 1. The van der Waals surface area contributed by atoms with Gasteiger partial charge in [0.25, 0.3) is 5.91 Å². The molecule has 1 amide bonds. The highest BCUT2D eigenvalue weighted by Gasteiger charge is 2.12. The molecule has 28 heavy (non-hydrogen) atoms. The van der Waals surface area contributed by atoms with Gasteiger partial charge in [0.1, 0.15) is 6.33 Å². The van der Waals surface area contributed by atoms with Crippen molar-refractivity contribution < 1.29 is 4.79 Å². The third-order valence-electron chi connectivity index (χ3n) is 4.25. The molecule has 138 valence electrons. The van der Waals surface area contributed by atoms with Crippen molar-refractivity contribution in [3.8, 4) is 11.1 Å². The molecule has 0 atom stereocenters. The van der Waals surface area contributed by atoms with Crippen LogP contribution in [0.25, 0.3) is 11.1 Å². The minimum atomic E-state index is -0.131. The number of rotatable bonds is 5. The molecule has 1 N–H and O–H groups in total. The summed E-state index contributed by atoms with van der Waals surface area (Å²) in [4.78, 5) is 13.9. The Labute approximate surface area is 167 Å². The highest BCUT2D eigenvalue weighted by Crippen LogP contribution is 2.27. The number of nitrogens with zero attached hydrogens (tertiary/aromatic N) is 3. The van der Waals surface area contributed by atoms with E-state index in [1.54, 1.807) is 6.33 Å². The Morgan fingerprint density at radius 2 is 1.64 bits per heavy atom. The molecule has 0 aliphatic heterocycles. The van der Waals surface area contributed by atoms with Gasteiger partial charge < -0.3 is 9.88 Å². The number of carbonyl (C=O) groups is 1. The van der Waals surface area contributed by atoms with Crippen molar-refractivity contribution >= 4 is 23.4 Å². The van der Waals surface area contributed by atoms with Crippen LogP contribution in [0.3, 0.4) is 0 Å². The highest BCUT2D eigenvalue weighted by atomic mass is 32.2. The van der Waals surface area contributed by atoms with Crippen molar-refractivity contribution in [2.45, 2.75) is 10.1 Å². The van der Waals surface area contributed by atoms with Crippen LogP contribution in [0.4, 0.5) is 5.69 Å². The molecule has 4 rings (SSSR count). The summed E-state index contributed by atoms with van der Waals surface area (Å²) in [5.41, 5.74) is 3.32. The lowest BCUT2D eigenvalue weighted by atomic mass is 9.99. The van der Waals surface area contributed by atoms with Gasteiger partial charge in [-0.1, -0.05) is 48.5 Å². The quantitative estimate of drug-likeness (QED) is 0.531. The largest absolute Gasteiger partial charge is 0.322 e. The number of carbonyl (C=O) groups excluding carboxylic acids is 1. The van der Waals surface area contributed by atoms with E-state index in [0.717, 1.165) is 26.9 Å². The van der Waals surface area contributed by atoms with Gasteiger partial charge >= 0.3 is 0 Å². The second-order valence-electron chi connectivity index (χ2n) is 6.22. The van der Waals surface area contributed by atoms with E-state index in [2.05, 4.69) is 15.5 Å². The molecule has 0 aliphatic rings. The third kappa shape index (κ3) is 3.97. The van der Waals surface area contributed by atoms with Crippen LogP contribution in [0.5, 0.6) is 0 Å². The lowest BCUT2D eigenvalue weighted by Crippen LogP contribution is -2.13. The second-order valence-corrected chi connectivity index (χ2v) is 7.26. The van der Waals surface area contributed by atoms with Gasteiger partial charge in [0.05, 0.1) is 0 Å². The van der Waals surface area contributed by atoms with E-state index in [1.807, 2.05) is 90.5 Å². The predicted molar refractivity (Wildman–Crippen MR) is 111 cm³/mol. The highest BCUT2D eigenvalue weighted by molar-refractivity contribution is 7.99. The van der Waals surface area contributed by atoms with E-state index in [9.17, 15) is 4.79 Å². The molecule has 1 heterocycles. The Bertz CT molecular complexity index is 1090. The van der Waals surface area contributed by atoms with Crippen molar-refractivity contribution in [2.24, 2.45) is 7.05 Å². The molecule has 0 saturated carbocycles. The number of benzene rings is 3. The summed E-state index contributed by atoms with van der Waals surface area (Å²) in [6.45, 7) is 0. The zero-order chi connectivity index (χ0) is 19.3. The van der Waals surface area contributed by atoms with Gasteiger partial charge in [-0.3, -0.25) is 4.79 Å². The number of amides is 1. The number of aryl methyl sites for hydroxylation is 1. The van der Waals surface area contributed by atoms with E-state index >= 15 is 0 Å². The maximum absolute atomic E-state index is 12.9. The van der Waals surface area contributed by atoms with Crippen molar-refractivity contribution in [1.29, 1.82) is 0 Å². The summed E-state index contributed by atoms with van der Waals surface area (Å²) in [6.07, 6.45) is 1.67. The van der Waals surface area contributed by atoms with Gasteiger partial charge in [-0.2, -0.15) is 0 Å². The van der Waals surface area contributed by atoms with E-state index in [-0.39, 0.29) is 5.91 Å². The summed E-state index contributed by atoms with van der Waals surface area (Å²) in [5, 5.41) is 11.7. The van der Waals surface area contributed by atoms with Crippen molar-refractivity contribution in [1.82, 2.24) is 14.8 Å². The fraction of sp³-hybridized carbons (Fsp3) is 0.0455. The second kappa shape index (κ2) is 8.10. The molecule has 6 heteroatoms. The molecule has 0 fully saturated rings. The number of aromatic nitrogens is 3. The maximum atomic E-state index is 12.9. The molecule has 0 spiro atoms. The number of nitrogens with one attached hydrogen (secondary N) is 1. The Morgan fingerprint density at radius 1 is 0.929 bits per heavy atom. The van der Waals surface area contributed by atoms with Gasteiger partial charge in [-0.25, -0.2) is 0 Å². The van der Waals surface area contributed by atoms with Crippen LogP contribution in [-0.4, -0.2) is 20.7 Å². The molecule has 3 aromatic carbocycles. The summed E-state index contributed by atoms with van der Waals surface area (Å²) in [5.74, 6) is -0.131. The average Bonchev–Trinajstić information content (AvgIpc) is 3.14. The molecule has 1 aromatic heterocycles. The van der Waals surface area contributed by atoms with Crippen LogP contribution in [0.1, 0.15) is 10.4 Å². The topological polar surface area (TPSA) is 59.8 Å². The summed E-state index contributed by atoms with van der Waals surface area (Å²) >= 11 is 1.52. The standard InChI is InChI=1S/C22H18N4OS/c1-26-15-23-25-22(26)28-18-13-11-17(12-14-18)24-21(27)20-10-6-5-9-19(20)16-7-3-2-4-8-16/h2-15H,1H3,(H,24,27). The molecule has 5 nitrogen and oxygen atoms in total. The zero-order valence-corrected chi connectivity index (χ0v) is 16.1. The van der Waals surface area contributed by atoms with Gasteiger partial charge in [0.2, 0.25) is 0 Å². The maximum Gasteiger partial charge on any atom is 0.256 e. The molecule has 0 unspecified atom stereocenters. The Morgan fingerprint density at radius 3 is 2.36 bits per heavy atom. The van der Waals surface area contributed by atoms with E-state index in [1.165, 1.54) is 11.8 Å². The fourth-order valence-corrected chi connectivity index (χ4v) is 3.59. The Hall–Kier alpha value is -3.38. The van der Waals surface area contributed by atoms with Crippen LogP contribution in [0, 0.1) is 0 Å². The first-order valence-electron chi connectivity index (χ1n) is 8.78. The first-order valence-corrected chi connectivity index (χ1v) is 9.60. The summed E-state index contributed by atoms with van der Waals surface area (Å²) in [7, 11) is 1.90. The molecule has 0 saturated heterocycles. The van der Waals surface area contributed by atoms with Crippen molar-refractivity contribution in [3.05, 3.63) is 90.8 Å². The van der Waals surface area contributed by atoms with E-state index in [4.69, 9.17) is 0 Å². The lowest BCUT2D eigenvalue weighted by molar-refractivity contribution is 0.102. The van der Waals surface area contributed by atoms with Crippen molar-refractivity contribution in [3.63, 3.8) is 0 Å². The zero-order valence-electron chi connectivity index (χ0n) is 15.2. The number of hydrogen-bond acceptors (Lipinski definition) is 4. The number of hydrogen-bond donors (Lipinski definition) is 1. The molecule has 0 aliphatic carbocycles. The van der Waals surface area contributed by atoms with Gasteiger partial charge in [-0.15, -0.1) is 10.2 Å². The SMILES string of the molecule is Cn1cnnc1Sc1ccc(NC(=O)c2ccccc2-c2ccccc2)cc1. The predicted octanol–water partition coefficient (Wildman–Crippen LogP) is 4.89. The van der Waals surface area contributed by atoms with Crippen LogP contribution in [0.2, 0.25) is 0 Å². The Kier molecular flexibility index (Phi) is 5.21. The monoisotopic (exact) mass is 386 g/mol.